The molecule has 4 nitrogen and oxygen atoms in total. The van der Waals surface area contributed by atoms with Crippen molar-refractivity contribution >= 4 is 10.0 Å². The quantitative estimate of drug-likeness (QED) is 0.614. The first-order chi connectivity index (χ1) is 13.3. The smallest absolute Gasteiger partial charge is 0.247 e. The van der Waals surface area contributed by atoms with Gasteiger partial charge in [0.1, 0.15) is 22.3 Å². The summed E-state index contributed by atoms with van der Waals surface area (Å²) in [6, 6.07) is 17.1. The fourth-order valence-corrected chi connectivity index (χ4v) is 4.54. The Balaban J connectivity index is 2.15. The van der Waals surface area contributed by atoms with Gasteiger partial charge in [-0.15, -0.1) is 0 Å². The molecule has 3 rings (SSSR count). The molecule has 0 radical (unpaired) electrons. The van der Waals surface area contributed by atoms with Gasteiger partial charge in [-0.25, -0.2) is 17.2 Å². The van der Waals surface area contributed by atoms with Crippen LogP contribution in [0, 0.1) is 11.6 Å². The van der Waals surface area contributed by atoms with Crippen molar-refractivity contribution in [2.24, 2.45) is 0 Å². The molecular formula is C21H19F2NO3S. The van der Waals surface area contributed by atoms with Gasteiger partial charge in [0.05, 0.1) is 13.2 Å². The lowest BCUT2D eigenvalue weighted by atomic mass is 9.99. The van der Waals surface area contributed by atoms with Crippen molar-refractivity contribution in [1.29, 1.82) is 0 Å². The Morgan fingerprint density at radius 3 is 2.04 bits per heavy atom. The average Bonchev–Trinajstić information content (AvgIpc) is 2.70. The predicted molar refractivity (Wildman–Crippen MR) is 103 cm³/mol. The monoisotopic (exact) mass is 403 g/mol. The molecule has 0 bridgehead atoms. The number of hydrogen-bond donors (Lipinski definition) is 0. The van der Waals surface area contributed by atoms with Crippen molar-refractivity contribution in [2.45, 2.75) is 10.9 Å². The zero-order valence-electron chi connectivity index (χ0n) is 15.3. The molecule has 0 aliphatic carbocycles. The molecule has 0 heterocycles. The van der Waals surface area contributed by atoms with E-state index in [0.29, 0.717) is 11.1 Å². The topological polar surface area (TPSA) is 46.6 Å². The summed E-state index contributed by atoms with van der Waals surface area (Å²) >= 11 is 0. The van der Waals surface area contributed by atoms with Crippen molar-refractivity contribution < 1.29 is 21.9 Å². The van der Waals surface area contributed by atoms with Crippen LogP contribution in [0.5, 0.6) is 5.75 Å². The number of halogens is 2. The van der Waals surface area contributed by atoms with Crippen molar-refractivity contribution in [2.75, 3.05) is 14.2 Å². The first kappa shape index (κ1) is 20.0. The Kier molecular flexibility index (Phi) is 5.76. The van der Waals surface area contributed by atoms with Gasteiger partial charge in [-0.3, -0.25) is 0 Å². The molecule has 146 valence electrons. The molecule has 1 unspecified atom stereocenters. The number of hydrogen-bond acceptors (Lipinski definition) is 3. The maximum atomic E-state index is 13.8. The summed E-state index contributed by atoms with van der Waals surface area (Å²) in [4.78, 5) is -0.277. The summed E-state index contributed by atoms with van der Waals surface area (Å²) in [5.74, 6) is -1.07. The van der Waals surface area contributed by atoms with Crippen molar-refractivity contribution in [1.82, 2.24) is 4.31 Å². The summed E-state index contributed by atoms with van der Waals surface area (Å²) in [5, 5.41) is 0. The normalized spacial score (nSPS) is 12.8. The van der Waals surface area contributed by atoms with E-state index in [4.69, 9.17) is 4.74 Å². The lowest BCUT2D eigenvalue weighted by Crippen LogP contribution is -2.32. The van der Waals surface area contributed by atoms with Gasteiger partial charge in [-0.2, -0.15) is 4.31 Å². The summed E-state index contributed by atoms with van der Waals surface area (Å²) in [6.07, 6.45) is 0. The van der Waals surface area contributed by atoms with E-state index in [-0.39, 0.29) is 10.6 Å². The van der Waals surface area contributed by atoms with E-state index in [0.717, 1.165) is 16.4 Å². The number of sulfonamides is 1. The predicted octanol–water partition coefficient (Wildman–Crippen LogP) is 4.38. The van der Waals surface area contributed by atoms with E-state index in [2.05, 4.69) is 0 Å². The molecule has 0 aromatic heterocycles. The van der Waals surface area contributed by atoms with E-state index < -0.39 is 27.7 Å². The summed E-state index contributed by atoms with van der Waals surface area (Å²) in [5.41, 5.74) is 1.27. The summed E-state index contributed by atoms with van der Waals surface area (Å²) in [6.45, 7) is 0. The van der Waals surface area contributed by atoms with Crippen LogP contribution < -0.4 is 4.74 Å². The Hall–Kier alpha value is -2.77. The number of ether oxygens (including phenoxy) is 1. The zero-order valence-corrected chi connectivity index (χ0v) is 16.2. The van der Waals surface area contributed by atoms with E-state index in [1.54, 1.807) is 24.3 Å². The number of methoxy groups -OCH3 is 1. The van der Waals surface area contributed by atoms with Crippen molar-refractivity contribution in [3.63, 3.8) is 0 Å². The first-order valence-corrected chi connectivity index (χ1v) is 9.90. The van der Waals surface area contributed by atoms with Crippen LogP contribution in [0.15, 0.2) is 77.7 Å². The maximum absolute atomic E-state index is 13.8. The van der Waals surface area contributed by atoms with Crippen LogP contribution >= 0.6 is 0 Å². The Bertz CT molecular complexity index is 1050. The van der Waals surface area contributed by atoms with Gasteiger partial charge in [-0.05, 0) is 41.5 Å². The highest BCUT2D eigenvalue weighted by Gasteiger charge is 2.32. The van der Waals surface area contributed by atoms with E-state index in [9.17, 15) is 17.2 Å². The average molecular weight is 403 g/mol. The van der Waals surface area contributed by atoms with Crippen molar-refractivity contribution in [3.05, 3.63) is 95.6 Å². The van der Waals surface area contributed by atoms with Crippen LogP contribution in [-0.2, 0) is 10.0 Å². The third-order valence-electron chi connectivity index (χ3n) is 4.45. The SMILES string of the molecule is COc1ccc(F)cc1S(=O)(=O)N(C)C(c1ccccc1)c1ccc(F)cc1. The third kappa shape index (κ3) is 3.90. The number of rotatable bonds is 6. The Labute approximate surface area is 163 Å². The highest BCUT2D eigenvalue weighted by molar-refractivity contribution is 7.89. The summed E-state index contributed by atoms with van der Waals surface area (Å²) in [7, 11) is -1.41. The molecule has 0 aliphatic rings. The van der Waals surface area contributed by atoms with Crippen LogP contribution in [0.2, 0.25) is 0 Å². The standard InChI is InChI=1S/C21H19F2NO3S/c1-24(28(25,26)20-14-18(23)12-13-19(20)27-2)21(15-6-4-3-5-7-15)16-8-10-17(22)11-9-16/h3-14,21H,1-2H3. The second kappa shape index (κ2) is 8.08. The van der Waals surface area contributed by atoms with Gasteiger partial charge in [0.15, 0.2) is 0 Å². The zero-order chi connectivity index (χ0) is 20.3. The fraction of sp³-hybridized carbons (Fsp3) is 0.143. The molecule has 7 heteroatoms. The second-order valence-corrected chi connectivity index (χ2v) is 8.15. The Morgan fingerprint density at radius 1 is 0.857 bits per heavy atom. The lowest BCUT2D eigenvalue weighted by Gasteiger charge is -2.29. The molecule has 0 N–H and O–H groups in total. The van der Waals surface area contributed by atoms with Crippen LogP contribution in [0.25, 0.3) is 0 Å². The third-order valence-corrected chi connectivity index (χ3v) is 6.29. The van der Waals surface area contributed by atoms with E-state index in [1.807, 2.05) is 6.07 Å². The number of benzene rings is 3. The van der Waals surface area contributed by atoms with Gasteiger partial charge in [-0.1, -0.05) is 42.5 Å². The fourth-order valence-electron chi connectivity index (χ4n) is 3.04. The molecule has 0 spiro atoms. The van der Waals surface area contributed by atoms with Gasteiger partial charge >= 0.3 is 0 Å². The minimum Gasteiger partial charge on any atom is -0.495 e. The van der Waals surface area contributed by atoms with E-state index >= 15 is 0 Å². The minimum atomic E-state index is -4.14. The first-order valence-electron chi connectivity index (χ1n) is 8.46. The molecule has 0 fully saturated rings. The van der Waals surface area contributed by atoms with Gasteiger partial charge in [0, 0.05) is 7.05 Å². The van der Waals surface area contributed by atoms with Crippen molar-refractivity contribution in [3.8, 4) is 5.75 Å². The number of nitrogens with zero attached hydrogens (tertiary/aromatic N) is 1. The van der Waals surface area contributed by atoms with Gasteiger partial charge in [0.2, 0.25) is 10.0 Å². The Morgan fingerprint density at radius 2 is 1.43 bits per heavy atom. The van der Waals surface area contributed by atoms with Crippen LogP contribution in [0.3, 0.4) is 0 Å². The van der Waals surface area contributed by atoms with Gasteiger partial charge < -0.3 is 4.74 Å². The highest BCUT2D eigenvalue weighted by atomic mass is 32.2. The summed E-state index contributed by atoms with van der Waals surface area (Å²) < 4.78 is 60.1. The highest BCUT2D eigenvalue weighted by Crippen LogP contribution is 2.35. The molecule has 1 atom stereocenters. The van der Waals surface area contributed by atoms with E-state index in [1.165, 1.54) is 44.5 Å². The lowest BCUT2D eigenvalue weighted by molar-refractivity contribution is 0.388. The molecular weight excluding hydrogens is 384 g/mol. The molecule has 28 heavy (non-hydrogen) atoms. The molecule has 0 saturated carbocycles. The molecule has 0 aliphatic heterocycles. The van der Waals surface area contributed by atoms with Crippen LogP contribution in [0.1, 0.15) is 17.2 Å². The van der Waals surface area contributed by atoms with Crippen LogP contribution in [0.4, 0.5) is 8.78 Å². The van der Waals surface area contributed by atoms with Gasteiger partial charge in [0.25, 0.3) is 0 Å². The molecule has 3 aromatic carbocycles. The maximum Gasteiger partial charge on any atom is 0.247 e. The largest absolute Gasteiger partial charge is 0.495 e. The molecule has 0 amide bonds. The van der Waals surface area contributed by atoms with Crippen LogP contribution in [-0.4, -0.2) is 26.9 Å². The second-order valence-electron chi connectivity index (χ2n) is 6.18. The molecule has 0 saturated heterocycles. The minimum absolute atomic E-state index is 0.0409. The molecule has 3 aromatic rings.